The molecule has 222 valence electrons. The first-order chi connectivity index (χ1) is 18.1. The number of carbonyl (C=O) groups excluding carboxylic acids is 1. The SMILES string of the molecule is CCCCCCCCO[C@@H]1O[C@H](CO)[C@@H](O[C@@H]2O[C@H](CO)[C@H](O)[C@H](O)[C@H]2OCC(=N)N)[C@H](O)[C@H]1NC(C)=O. The minimum absolute atomic E-state index is 0.318. The number of rotatable bonds is 16. The Labute approximate surface area is 222 Å². The number of aliphatic hydroxyl groups is 5. The van der Waals surface area contributed by atoms with Gasteiger partial charge in [0.2, 0.25) is 5.91 Å². The van der Waals surface area contributed by atoms with Crippen molar-refractivity contribution in [2.45, 2.75) is 114 Å². The summed E-state index contributed by atoms with van der Waals surface area (Å²) in [6.07, 6.45) is -5.95. The van der Waals surface area contributed by atoms with Gasteiger partial charge in [0.15, 0.2) is 12.6 Å². The maximum Gasteiger partial charge on any atom is 0.217 e. The maximum atomic E-state index is 11.9. The number of nitrogens with two attached hydrogens (primary N) is 1. The second kappa shape index (κ2) is 16.6. The van der Waals surface area contributed by atoms with Crippen molar-refractivity contribution in [3.05, 3.63) is 0 Å². The van der Waals surface area contributed by atoms with Crippen LogP contribution in [0.5, 0.6) is 0 Å². The van der Waals surface area contributed by atoms with Crippen LogP contribution < -0.4 is 11.1 Å². The zero-order valence-electron chi connectivity index (χ0n) is 22.1. The van der Waals surface area contributed by atoms with Crippen molar-refractivity contribution in [1.29, 1.82) is 5.41 Å². The van der Waals surface area contributed by atoms with Crippen molar-refractivity contribution in [3.8, 4) is 0 Å². The fraction of sp³-hybridized carbons (Fsp3) is 0.917. The lowest BCUT2D eigenvalue weighted by atomic mass is 9.95. The van der Waals surface area contributed by atoms with Crippen LogP contribution in [0.2, 0.25) is 0 Å². The average molecular weight is 552 g/mol. The number of hydrogen-bond donors (Lipinski definition) is 8. The van der Waals surface area contributed by atoms with Crippen molar-refractivity contribution in [2.24, 2.45) is 5.73 Å². The number of amides is 1. The van der Waals surface area contributed by atoms with Crippen LogP contribution in [0.4, 0.5) is 0 Å². The van der Waals surface area contributed by atoms with Crippen LogP contribution in [-0.2, 0) is 28.5 Å². The Morgan fingerprint density at radius 2 is 1.53 bits per heavy atom. The Kier molecular flexibility index (Phi) is 14.3. The summed E-state index contributed by atoms with van der Waals surface area (Å²) in [7, 11) is 0. The molecule has 0 aliphatic carbocycles. The van der Waals surface area contributed by atoms with Crippen LogP contribution in [0.1, 0.15) is 52.4 Å². The van der Waals surface area contributed by atoms with Gasteiger partial charge in [0.1, 0.15) is 61.2 Å². The molecule has 2 saturated heterocycles. The molecule has 0 aromatic heterocycles. The standard InChI is InChI=1S/C24H45N3O11/c1-3-4-5-6-7-8-9-34-23-17(27-13(2)30)19(32)21(15(11-29)37-23)38-24-22(35-12-16(25)26)20(33)18(31)14(10-28)36-24/h14-15,17-24,28-29,31-33H,3-12H2,1-2H3,(H3,25,26)(H,27,30)/t14-,15-,17-,18+,19-,20+,21-,22-,23-,24+/m1/s1. The van der Waals surface area contributed by atoms with Crippen molar-refractivity contribution >= 4 is 11.7 Å². The minimum atomic E-state index is -1.60. The molecule has 0 spiro atoms. The van der Waals surface area contributed by atoms with Crippen LogP contribution >= 0.6 is 0 Å². The van der Waals surface area contributed by atoms with E-state index in [1.165, 1.54) is 13.3 Å². The zero-order valence-corrected chi connectivity index (χ0v) is 22.1. The molecule has 14 nitrogen and oxygen atoms in total. The van der Waals surface area contributed by atoms with Gasteiger partial charge in [-0.05, 0) is 6.42 Å². The zero-order chi connectivity index (χ0) is 28.2. The van der Waals surface area contributed by atoms with Gasteiger partial charge < -0.3 is 60.3 Å². The molecule has 9 N–H and O–H groups in total. The number of amidine groups is 1. The monoisotopic (exact) mass is 551 g/mol. The number of aliphatic hydroxyl groups excluding tert-OH is 5. The summed E-state index contributed by atoms with van der Waals surface area (Å²) in [5.74, 6) is -0.817. The Balaban J connectivity index is 2.15. The predicted molar refractivity (Wildman–Crippen MR) is 133 cm³/mol. The lowest BCUT2D eigenvalue weighted by Gasteiger charge is -2.47. The highest BCUT2D eigenvalue weighted by Gasteiger charge is 2.52. The van der Waals surface area contributed by atoms with Crippen molar-refractivity contribution < 1.29 is 54.0 Å². The average Bonchev–Trinajstić information content (AvgIpc) is 2.87. The molecule has 2 aliphatic heterocycles. The van der Waals surface area contributed by atoms with Crippen molar-refractivity contribution in [3.63, 3.8) is 0 Å². The molecule has 0 aromatic carbocycles. The van der Waals surface area contributed by atoms with Gasteiger partial charge in [0.05, 0.1) is 13.2 Å². The molecule has 0 radical (unpaired) electrons. The van der Waals surface area contributed by atoms with Crippen molar-refractivity contribution in [1.82, 2.24) is 5.32 Å². The third-order valence-electron chi connectivity index (χ3n) is 6.55. The second-order valence-corrected chi connectivity index (χ2v) is 9.69. The summed E-state index contributed by atoms with van der Waals surface area (Å²) < 4.78 is 28.6. The summed E-state index contributed by atoms with van der Waals surface area (Å²) >= 11 is 0. The first-order valence-electron chi connectivity index (χ1n) is 13.2. The van der Waals surface area contributed by atoms with E-state index in [1.807, 2.05) is 0 Å². The van der Waals surface area contributed by atoms with Gasteiger partial charge >= 0.3 is 0 Å². The molecule has 38 heavy (non-hydrogen) atoms. The van der Waals surface area contributed by atoms with Gasteiger partial charge in [-0.3, -0.25) is 10.2 Å². The molecule has 0 saturated carbocycles. The topological polar surface area (TPSA) is 226 Å². The van der Waals surface area contributed by atoms with Gasteiger partial charge in [0, 0.05) is 13.5 Å². The molecule has 2 aliphatic rings. The Bertz CT molecular complexity index is 718. The van der Waals surface area contributed by atoms with Crippen molar-refractivity contribution in [2.75, 3.05) is 26.4 Å². The number of unbranched alkanes of at least 4 members (excludes halogenated alkanes) is 5. The lowest BCUT2D eigenvalue weighted by Crippen LogP contribution is -2.67. The van der Waals surface area contributed by atoms with E-state index in [0.29, 0.717) is 6.61 Å². The molecule has 0 unspecified atom stereocenters. The molecule has 1 amide bonds. The van der Waals surface area contributed by atoms with Crippen LogP contribution in [0.3, 0.4) is 0 Å². The quantitative estimate of drug-likeness (QED) is 0.0597. The maximum absolute atomic E-state index is 11.9. The molecular weight excluding hydrogens is 506 g/mol. The predicted octanol–water partition coefficient (Wildman–Crippen LogP) is -1.91. The number of carbonyl (C=O) groups is 1. The molecular formula is C24H45N3O11. The van der Waals surface area contributed by atoms with E-state index in [9.17, 15) is 30.3 Å². The molecule has 10 atom stereocenters. The third kappa shape index (κ3) is 9.33. The number of ether oxygens (including phenoxy) is 5. The van der Waals surface area contributed by atoms with Gasteiger partial charge in [-0.2, -0.15) is 0 Å². The largest absolute Gasteiger partial charge is 0.394 e. The van der Waals surface area contributed by atoms with E-state index in [-0.39, 0.29) is 5.84 Å². The number of nitrogens with one attached hydrogen (secondary N) is 2. The van der Waals surface area contributed by atoms with E-state index < -0.39 is 87.1 Å². The Morgan fingerprint density at radius 1 is 0.895 bits per heavy atom. The Hall–Kier alpha value is -1.46. The fourth-order valence-electron chi connectivity index (χ4n) is 4.53. The van der Waals surface area contributed by atoms with E-state index in [0.717, 1.165) is 32.1 Å². The highest BCUT2D eigenvalue weighted by atomic mass is 16.7. The van der Waals surface area contributed by atoms with E-state index >= 15 is 0 Å². The summed E-state index contributed by atoms with van der Waals surface area (Å²) in [6, 6.07) is -1.07. The van der Waals surface area contributed by atoms with E-state index in [4.69, 9.17) is 34.8 Å². The molecule has 14 heteroatoms. The van der Waals surface area contributed by atoms with Crippen LogP contribution in [0, 0.1) is 5.41 Å². The minimum Gasteiger partial charge on any atom is -0.394 e. The normalized spacial score (nSPS) is 35.7. The van der Waals surface area contributed by atoms with Crippen LogP contribution in [0.25, 0.3) is 0 Å². The van der Waals surface area contributed by atoms with Crippen LogP contribution in [0.15, 0.2) is 0 Å². The van der Waals surface area contributed by atoms with Gasteiger partial charge in [-0.1, -0.05) is 39.0 Å². The first kappa shape index (κ1) is 32.8. The molecule has 2 heterocycles. The molecule has 2 rings (SSSR count). The van der Waals surface area contributed by atoms with E-state index in [1.54, 1.807) is 0 Å². The lowest BCUT2D eigenvalue weighted by molar-refractivity contribution is -0.351. The summed E-state index contributed by atoms with van der Waals surface area (Å²) in [4.78, 5) is 11.9. The highest BCUT2D eigenvalue weighted by molar-refractivity contribution is 5.78. The summed E-state index contributed by atoms with van der Waals surface area (Å²) in [5.41, 5.74) is 5.34. The molecule has 0 bridgehead atoms. The smallest absolute Gasteiger partial charge is 0.217 e. The Morgan fingerprint density at radius 3 is 2.13 bits per heavy atom. The van der Waals surface area contributed by atoms with E-state index in [2.05, 4.69) is 12.2 Å². The summed E-state index contributed by atoms with van der Waals surface area (Å²) in [6.45, 7) is 2.06. The summed E-state index contributed by atoms with van der Waals surface area (Å²) in [5, 5.41) is 61.6. The fourth-order valence-corrected chi connectivity index (χ4v) is 4.53. The number of hydrogen-bond acceptors (Lipinski definition) is 12. The van der Waals surface area contributed by atoms with Gasteiger partial charge in [-0.15, -0.1) is 0 Å². The van der Waals surface area contributed by atoms with Crippen LogP contribution in [-0.4, -0.2) is 125 Å². The van der Waals surface area contributed by atoms with Gasteiger partial charge in [0.25, 0.3) is 0 Å². The molecule has 0 aromatic rings. The highest BCUT2D eigenvalue weighted by Crippen LogP contribution is 2.31. The third-order valence-corrected chi connectivity index (χ3v) is 6.55. The second-order valence-electron chi connectivity index (χ2n) is 9.69. The molecule has 2 fully saturated rings. The first-order valence-corrected chi connectivity index (χ1v) is 13.2. The van der Waals surface area contributed by atoms with Gasteiger partial charge in [-0.25, -0.2) is 0 Å².